The number of carbonyl (C=O) groups is 3. The normalized spacial score (nSPS) is 18.5. The molecular weight excluding hydrogens is 475 g/mol. The molecule has 0 saturated carbocycles. The van der Waals surface area contributed by atoms with Gasteiger partial charge in [0.05, 0.1) is 4.91 Å². The minimum atomic E-state index is -0.961. The Labute approximate surface area is 208 Å². The SMILES string of the molecule is CC(C)[C@@H](NC(=O)Oc1cc(F)ccc1C=C1SC(N2CCCCN2)=NC1=O)C(=O)OC(C)(C)C. The summed E-state index contributed by atoms with van der Waals surface area (Å²) in [5, 5.41) is 4.88. The van der Waals surface area contributed by atoms with Gasteiger partial charge in [0.15, 0.2) is 5.17 Å². The second-order valence-electron chi connectivity index (χ2n) is 9.55. The Balaban J connectivity index is 1.74. The molecule has 0 aliphatic carbocycles. The Hall–Kier alpha value is -2.92. The summed E-state index contributed by atoms with van der Waals surface area (Å²) in [5.74, 6) is -2.03. The van der Waals surface area contributed by atoms with E-state index in [2.05, 4.69) is 15.7 Å². The van der Waals surface area contributed by atoms with Crippen LogP contribution in [0.3, 0.4) is 0 Å². The number of nitrogens with one attached hydrogen (secondary N) is 2. The lowest BCUT2D eigenvalue weighted by Crippen LogP contribution is -2.48. The van der Waals surface area contributed by atoms with Crippen molar-refractivity contribution >= 4 is 41.0 Å². The van der Waals surface area contributed by atoms with Crippen LogP contribution in [0.4, 0.5) is 9.18 Å². The maximum Gasteiger partial charge on any atom is 0.413 e. The molecule has 190 valence electrons. The van der Waals surface area contributed by atoms with Crippen LogP contribution in [0.5, 0.6) is 5.75 Å². The number of ether oxygens (including phenoxy) is 2. The molecule has 1 fully saturated rings. The van der Waals surface area contributed by atoms with Crippen LogP contribution in [0, 0.1) is 11.7 Å². The van der Waals surface area contributed by atoms with Gasteiger partial charge < -0.3 is 14.8 Å². The van der Waals surface area contributed by atoms with Crippen molar-refractivity contribution in [1.82, 2.24) is 15.8 Å². The average Bonchev–Trinajstić information content (AvgIpc) is 3.13. The summed E-state index contributed by atoms with van der Waals surface area (Å²) < 4.78 is 24.7. The molecule has 2 heterocycles. The molecular formula is C24H31FN4O5S. The number of amides is 2. The van der Waals surface area contributed by atoms with E-state index in [4.69, 9.17) is 9.47 Å². The van der Waals surface area contributed by atoms with Crippen molar-refractivity contribution in [1.29, 1.82) is 0 Å². The number of hydrogen-bond donors (Lipinski definition) is 2. The summed E-state index contributed by atoms with van der Waals surface area (Å²) in [4.78, 5) is 42.0. The first-order valence-corrected chi connectivity index (χ1v) is 12.3. The maximum absolute atomic E-state index is 14.0. The first-order chi connectivity index (χ1) is 16.4. The van der Waals surface area contributed by atoms with E-state index in [0.29, 0.717) is 15.6 Å². The van der Waals surface area contributed by atoms with Crippen molar-refractivity contribution < 1.29 is 28.2 Å². The Morgan fingerprint density at radius 1 is 1.29 bits per heavy atom. The molecule has 0 aromatic heterocycles. The Bertz CT molecular complexity index is 1040. The average molecular weight is 507 g/mol. The number of amidine groups is 1. The third-order valence-electron chi connectivity index (χ3n) is 5.02. The van der Waals surface area contributed by atoms with Crippen LogP contribution in [-0.4, -0.2) is 52.9 Å². The molecule has 1 aromatic rings. The molecule has 1 aromatic carbocycles. The van der Waals surface area contributed by atoms with Crippen molar-refractivity contribution in [2.75, 3.05) is 13.1 Å². The van der Waals surface area contributed by atoms with E-state index in [1.165, 1.54) is 30.0 Å². The zero-order chi connectivity index (χ0) is 25.8. The summed E-state index contributed by atoms with van der Waals surface area (Å²) in [6, 6.07) is 2.69. The summed E-state index contributed by atoms with van der Waals surface area (Å²) in [6.45, 7) is 10.2. The van der Waals surface area contributed by atoms with Crippen molar-refractivity contribution in [3.8, 4) is 5.75 Å². The van der Waals surface area contributed by atoms with Crippen LogP contribution < -0.4 is 15.5 Å². The third kappa shape index (κ3) is 7.53. The Morgan fingerprint density at radius 2 is 2.03 bits per heavy atom. The smallest absolute Gasteiger partial charge is 0.413 e. The number of thioether (sulfide) groups is 1. The second-order valence-corrected chi connectivity index (χ2v) is 10.6. The molecule has 2 aliphatic rings. The fraction of sp³-hybridized carbons (Fsp3) is 0.500. The van der Waals surface area contributed by atoms with Gasteiger partial charge in [0, 0.05) is 24.7 Å². The number of esters is 1. The van der Waals surface area contributed by atoms with Crippen LogP contribution >= 0.6 is 11.8 Å². The van der Waals surface area contributed by atoms with Crippen LogP contribution in [0.2, 0.25) is 0 Å². The zero-order valence-corrected chi connectivity index (χ0v) is 21.3. The number of hydrogen-bond acceptors (Lipinski definition) is 8. The molecule has 1 atom stereocenters. The fourth-order valence-corrected chi connectivity index (χ4v) is 4.25. The minimum Gasteiger partial charge on any atom is -0.458 e. The lowest BCUT2D eigenvalue weighted by molar-refractivity contribution is -0.158. The number of nitrogens with zero attached hydrogens (tertiary/aromatic N) is 2. The largest absolute Gasteiger partial charge is 0.458 e. The van der Waals surface area contributed by atoms with E-state index in [9.17, 15) is 18.8 Å². The van der Waals surface area contributed by atoms with Crippen molar-refractivity contribution in [3.63, 3.8) is 0 Å². The first-order valence-electron chi connectivity index (χ1n) is 11.5. The van der Waals surface area contributed by atoms with Gasteiger partial charge in [-0.05, 0) is 69.5 Å². The van der Waals surface area contributed by atoms with E-state index in [1.54, 1.807) is 34.6 Å². The van der Waals surface area contributed by atoms with E-state index >= 15 is 0 Å². The van der Waals surface area contributed by atoms with Gasteiger partial charge in [-0.15, -0.1) is 0 Å². The molecule has 0 radical (unpaired) electrons. The molecule has 9 nitrogen and oxygen atoms in total. The van der Waals surface area contributed by atoms with Gasteiger partial charge in [0.1, 0.15) is 23.2 Å². The molecule has 2 amide bonds. The standard InChI is InChI=1S/C24H31FN4O5S/c1-14(2)19(21(31)34-24(3,4)5)27-23(32)33-17-13-16(25)9-8-15(17)12-18-20(30)28-22(35-18)29-11-7-6-10-26-29/h8-9,12-14,19,26H,6-7,10-11H2,1-5H3,(H,27,32)/t19-/m1/s1. The Morgan fingerprint density at radius 3 is 2.66 bits per heavy atom. The van der Waals surface area contributed by atoms with Crippen LogP contribution in [0.15, 0.2) is 28.1 Å². The summed E-state index contributed by atoms with van der Waals surface area (Å²) in [7, 11) is 0. The van der Waals surface area contributed by atoms with Gasteiger partial charge in [-0.1, -0.05) is 13.8 Å². The molecule has 2 N–H and O–H groups in total. The van der Waals surface area contributed by atoms with Gasteiger partial charge in [-0.25, -0.2) is 19.4 Å². The third-order valence-corrected chi connectivity index (χ3v) is 6.02. The van der Waals surface area contributed by atoms with Crippen molar-refractivity contribution in [2.45, 2.75) is 59.1 Å². The van der Waals surface area contributed by atoms with Gasteiger partial charge in [-0.2, -0.15) is 4.99 Å². The number of halogens is 1. The quantitative estimate of drug-likeness (QED) is 0.458. The van der Waals surface area contributed by atoms with E-state index in [0.717, 1.165) is 32.0 Å². The first kappa shape index (κ1) is 26.7. The highest BCUT2D eigenvalue weighted by Gasteiger charge is 2.31. The number of hydrazine groups is 1. The molecule has 1 saturated heterocycles. The summed E-state index contributed by atoms with van der Waals surface area (Å²) in [6.07, 6.45) is 2.60. The van der Waals surface area contributed by atoms with Gasteiger partial charge >= 0.3 is 12.1 Å². The molecule has 2 aliphatic heterocycles. The van der Waals surface area contributed by atoms with Crippen molar-refractivity contribution in [2.24, 2.45) is 10.9 Å². The highest BCUT2D eigenvalue weighted by molar-refractivity contribution is 8.18. The lowest BCUT2D eigenvalue weighted by atomic mass is 10.0. The van der Waals surface area contributed by atoms with E-state index in [1.807, 2.05) is 5.01 Å². The van der Waals surface area contributed by atoms with E-state index < -0.39 is 35.4 Å². The number of rotatable bonds is 5. The van der Waals surface area contributed by atoms with Crippen LogP contribution in [0.1, 0.15) is 53.0 Å². The zero-order valence-electron chi connectivity index (χ0n) is 20.5. The van der Waals surface area contributed by atoms with Gasteiger partial charge in [0.25, 0.3) is 5.91 Å². The second kappa shape index (κ2) is 11.2. The molecule has 11 heteroatoms. The molecule has 0 unspecified atom stereocenters. The van der Waals surface area contributed by atoms with Gasteiger partial charge in [-0.3, -0.25) is 9.80 Å². The predicted molar refractivity (Wildman–Crippen MR) is 132 cm³/mol. The monoisotopic (exact) mass is 506 g/mol. The van der Waals surface area contributed by atoms with Crippen molar-refractivity contribution in [3.05, 3.63) is 34.5 Å². The topological polar surface area (TPSA) is 109 Å². The number of aliphatic imine (C=N–C) groups is 1. The maximum atomic E-state index is 14.0. The fourth-order valence-electron chi connectivity index (χ4n) is 3.34. The van der Waals surface area contributed by atoms with E-state index in [-0.39, 0.29) is 11.7 Å². The molecule has 35 heavy (non-hydrogen) atoms. The number of carbonyl (C=O) groups excluding carboxylic acids is 3. The highest BCUT2D eigenvalue weighted by atomic mass is 32.2. The molecule has 0 bridgehead atoms. The Kier molecular flexibility index (Phi) is 8.55. The summed E-state index contributed by atoms with van der Waals surface area (Å²) in [5.41, 5.74) is 2.79. The number of benzene rings is 1. The van der Waals surface area contributed by atoms with Gasteiger partial charge in [0.2, 0.25) is 0 Å². The van der Waals surface area contributed by atoms with Crippen LogP contribution in [-0.2, 0) is 14.3 Å². The molecule has 3 rings (SSSR count). The summed E-state index contributed by atoms with van der Waals surface area (Å²) >= 11 is 1.19. The lowest BCUT2D eigenvalue weighted by Gasteiger charge is -2.28. The molecule has 0 spiro atoms. The van der Waals surface area contributed by atoms with Crippen LogP contribution in [0.25, 0.3) is 6.08 Å². The minimum absolute atomic E-state index is 0.0976. The highest BCUT2D eigenvalue weighted by Crippen LogP contribution is 2.33. The predicted octanol–water partition coefficient (Wildman–Crippen LogP) is 3.85.